The summed E-state index contributed by atoms with van der Waals surface area (Å²) in [6.45, 7) is 4.78. The smallest absolute Gasteiger partial charge is 0.263 e. The average molecular weight is 404 g/mol. The predicted molar refractivity (Wildman–Crippen MR) is 109 cm³/mol. The van der Waals surface area contributed by atoms with Gasteiger partial charge in [-0.05, 0) is 37.7 Å². The minimum Gasteiger partial charge on any atom is -0.368 e. The standard InChI is InChI=1S/C17H21N7OS2/c1-3-24-14(25)12-9-5-4-8(2)6-10(9)27-13(12)22-17(24)26-7-11-20-15(18)23-16(19)21-11/h8H,3-7H2,1-2H3,(H4,18,19,20,21,23)/t8-/m0/s1. The van der Waals surface area contributed by atoms with Gasteiger partial charge in [-0.1, -0.05) is 18.7 Å². The van der Waals surface area contributed by atoms with Crippen LogP contribution in [-0.4, -0.2) is 24.5 Å². The van der Waals surface area contributed by atoms with Crippen LogP contribution in [0.4, 0.5) is 11.9 Å². The molecule has 27 heavy (non-hydrogen) atoms. The maximum atomic E-state index is 13.1. The zero-order chi connectivity index (χ0) is 19.1. The lowest BCUT2D eigenvalue weighted by Gasteiger charge is -2.17. The van der Waals surface area contributed by atoms with Crippen molar-refractivity contribution in [2.24, 2.45) is 5.92 Å². The van der Waals surface area contributed by atoms with Crippen molar-refractivity contribution in [3.05, 3.63) is 26.6 Å². The van der Waals surface area contributed by atoms with E-state index in [0.29, 0.717) is 29.2 Å². The second kappa shape index (κ2) is 7.08. The summed E-state index contributed by atoms with van der Waals surface area (Å²) >= 11 is 3.07. The number of rotatable bonds is 4. The Morgan fingerprint density at radius 2 is 1.96 bits per heavy atom. The molecule has 0 unspecified atom stereocenters. The molecular weight excluding hydrogens is 382 g/mol. The quantitative estimate of drug-likeness (QED) is 0.502. The van der Waals surface area contributed by atoms with E-state index < -0.39 is 0 Å². The molecule has 0 radical (unpaired) electrons. The van der Waals surface area contributed by atoms with Crippen molar-refractivity contribution in [2.45, 2.75) is 50.6 Å². The van der Waals surface area contributed by atoms with Crippen molar-refractivity contribution in [1.29, 1.82) is 0 Å². The summed E-state index contributed by atoms with van der Waals surface area (Å²) in [5.41, 5.74) is 12.5. The van der Waals surface area contributed by atoms with Gasteiger partial charge in [-0.25, -0.2) is 4.98 Å². The molecule has 0 saturated carbocycles. The number of hydrogen-bond donors (Lipinski definition) is 2. The predicted octanol–water partition coefficient (Wildman–Crippen LogP) is 2.24. The summed E-state index contributed by atoms with van der Waals surface area (Å²) in [5, 5.41) is 1.47. The summed E-state index contributed by atoms with van der Waals surface area (Å²) in [6.07, 6.45) is 3.13. The topological polar surface area (TPSA) is 126 Å². The van der Waals surface area contributed by atoms with Crippen LogP contribution in [0.15, 0.2) is 9.95 Å². The number of nitrogen functional groups attached to an aromatic ring is 2. The van der Waals surface area contributed by atoms with Crippen molar-refractivity contribution in [1.82, 2.24) is 24.5 Å². The molecule has 1 atom stereocenters. The number of nitrogens with zero attached hydrogens (tertiary/aromatic N) is 5. The molecule has 0 fully saturated rings. The van der Waals surface area contributed by atoms with E-state index in [1.54, 1.807) is 15.9 Å². The van der Waals surface area contributed by atoms with Crippen LogP contribution in [0.3, 0.4) is 0 Å². The Kier molecular flexibility index (Phi) is 4.77. The normalized spacial score (nSPS) is 16.6. The lowest BCUT2D eigenvalue weighted by Crippen LogP contribution is -2.23. The Balaban J connectivity index is 1.73. The van der Waals surface area contributed by atoms with E-state index >= 15 is 0 Å². The van der Waals surface area contributed by atoms with Crippen molar-refractivity contribution >= 4 is 45.2 Å². The molecule has 3 heterocycles. The highest BCUT2D eigenvalue weighted by Crippen LogP contribution is 2.36. The molecule has 0 amide bonds. The van der Waals surface area contributed by atoms with Gasteiger partial charge in [0.15, 0.2) is 5.16 Å². The number of aromatic nitrogens is 5. The summed E-state index contributed by atoms with van der Waals surface area (Å²) in [4.78, 5) is 32.1. The molecule has 0 aromatic carbocycles. The highest BCUT2D eigenvalue weighted by molar-refractivity contribution is 7.98. The van der Waals surface area contributed by atoms with Crippen LogP contribution < -0.4 is 17.0 Å². The third-order valence-corrected chi connectivity index (χ3v) is 6.86. The first-order chi connectivity index (χ1) is 13.0. The van der Waals surface area contributed by atoms with E-state index in [4.69, 9.17) is 16.5 Å². The number of nitrogens with two attached hydrogens (primary N) is 2. The van der Waals surface area contributed by atoms with Crippen LogP contribution in [0, 0.1) is 5.92 Å². The first-order valence-electron chi connectivity index (χ1n) is 8.90. The molecule has 142 valence electrons. The summed E-state index contributed by atoms with van der Waals surface area (Å²) in [5.74, 6) is 1.73. The van der Waals surface area contributed by atoms with Gasteiger partial charge in [-0.15, -0.1) is 11.3 Å². The number of thioether (sulfide) groups is 1. The molecule has 3 aromatic rings. The molecule has 0 saturated heterocycles. The Labute approximate surface area is 164 Å². The van der Waals surface area contributed by atoms with Crippen molar-refractivity contribution in [2.75, 3.05) is 11.5 Å². The average Bonchev–Trinajstić information content (AvgIpc) is 2.96. The molecule has 0 aliphatic heterocycles. The summed E-state index contributed by atoms with van der Waals surface area (Å²) < 4.78 is 1.73. The molecule has 1 aliphatic carbocycles. The number of hydrogen-bond acceptors (Lipinski definition) is 9. The lowest BCUT2D eigenvalue weighted by atomic mass is 9.89. The van der Waals surface area contributed by atoms with Crippen LogP contribution in [0.5, 0.6) is 0 Å². The van der Waals surface area contributed by atoms with Gasteiger partial charge in [-0.3, -0.25) is 9.36 Å². The van der Waals surface area contributed by atoms with E-state index in [9.17, 15) is 4.79 Å². The molecule has 0 spiro atoms. The maximum Gasteiger partial charge on any atom is 0.263 e. The van der Waals surface area contributed by atoms with Gasteiger partial charge in [0.25, 0.3) is 5.56 Å². The molecule has 3 aromatic heterocycles. The largest absolute Gasteiger partial charge is 0.368 e. The van der Waals surface area contributed by atoms with E-state index in [1.165, 1.54) is 22.2 Å². The highest BCUT2D eigenvalue weighted by atomic mass is 32.2. The van der Waals surface area contributed by atoms with Gasteiger partial charge in [0, 0.05) is 11.4 Å². The van der Waals surface area contributed by atoms with E-state index in [1.807, 2.05) is 6.92 Å². The fourth-order valence-electron chi connectivity index (χ4n) is 3.44. The van der Waals surface area contributed by atoms with E-state index in [-0.39, 0.29) is 17.5 Å². The molecule has 4 N–H and O–H groups in total. The number of thiophene rings is 1. The van der Waals surface area contributed by atoms with Crippen molar-refractivity contribution < 1.29 is 0 Å². The van der Waals surface area contributed by atoms with Crippen molar-refractivity contribution in [3.63, 3.8) is 0 Å². The number of anilines is 2. The highest BCUT2D eigenvalue weighted by Gasteiger charge is 2.24. The molecule has 1 aliphatic rings. The summed E-state index contributed by atoms with van der Waals surface area (Å²) in [6, 6.07) is 0. The van der Waals surface area contributed by atoms with Gasteiger partial charge < -0.3 is 11.5 Å². The fourth-order valence-corrected chi connectivity index (χ4v) is 5.79. The minimum atomic E-state index is 0.0479. The second-order valence-electron chi connectivity index (χ2n) is 6.73. The first kappa shape index (κ1) is 18.2. The van der Waals surface area contributed by atoms with E-state index in [2.05, 4.69) is 21.9 Å². The molecular formula is C17H21N7OS2. The van der Waals surface area contributed by atoms with Crippen molar-refractivity contribution in [3.8, 4) is 0 Å². The first-order valence-corrected chi connectivity index (χ1v) is 10.7. The monoisotopic (exact) mass is 403 g/mol. The molecule has 4 rings (SSSR count). The SMILES string of the molecule is CCn1c(SCc2nc(N)nc(N)n2)nc2sc3c(c2c1=O)CC[C@H](C)C3. The van der Waals surface area contributed by atoms with Crippen LogP contribution in [0.25, 0.3) is 10.2 Å². The van der Waals surface area contributed by atoms with Gasteiger partial charge in [-0.2, -0.15) is 15.0 Å². The molecule has 0 bridgehead atoms. The molecule has 10 heteroatoms. The third kappa shape index (κ3) is 3.39. The van der Waals surface area contributed by atoms with Gasteiger partial charge in [0.2, 0.25) is 11.9 Å². The Hall–Kier alpha value is -2.20. The van der Waals surface area contributed by atoms with Gasteiger partial charge >= 0.3 is 0 Å². The van der Waals surface area contributed by atoms with Crippen LogP contribution in [-0.2, 0) is 25.1 Å². The Morgan fingerprint density at radius 1 is 1.22 bits per heavy atom. The zero-order valence-electron chi connectivity index (χ0n) is 15.2. The van der Waals surface area contributed by atoms with E-state index in [0.717, 1.165) is 29.5 Å². The minimum absolute atomic E-state index is 0.0479. The lowest BCUT2D eigenvalue weighted by molar-refractivity contribution is 0.509. The van der Waals surface area contributed by atoms with Crippen LogP contribution in [0.2, 0.25) is 0 Å². The van der Waals surface area contributed by atoms with Gasteiger partial charge in [0.1, 0.15) is 10.7 Å². The number of fused-ring (bicyclic) bond motifs is 3. The maximum absolute atomic E-state index is 13.1. The Morgan fingerprint density at radius 3 is 2.67 bits per heavy atom. The second-order valence-corrected chi connectivity index (χ2v) is 8.76. The van der Waals surface area contributed by atoms with Gasteiger partial charge in [0.05, 0.1) is 11.1 Å². The molecule has 8 nitrogen and oxygen atoms in total. The zero-order valence-corrected chi connectivity index (χ0v) is 16.9. The Bertz CT molecular complexity index is 1060. The fraction of sp³-hybridized carbons (Fsp3) is 0.471. The third-order valence-electron chi connectivity index (χ3n) is 4.74. The summed E-state index contributed by atoms with van der Waals surface area (Å²) in [7, 11) is 0. The van der Waals surface area contributed by atoms with Crippen LogP contribution in [0.1, 0.15) is 36.5 Å². The number of aryl methyl sites for hydroxylation is 1. The van der Waals surface area contributed by atoms with Crippen LogP contribution >= 0.6 is 23.1 Å².